The van der Waals surface area contributed by atoms with Crippen molar-refractivity contribution in [3.8, 4) is 0 Å². The summed E-state index contributed by atoms with van der Waals surface area (Å²) in [4.78, 5) is 23.1. The van der Waals surface area contributed by atoms with E-state index < -0.39 is 5.97 Å². The van der Waals surface area contributed by atoms with Crippen molar-refractivity contribution in [1.82, 2.24) is 5.32 Å². The van der Waals surface area contributed by atoms with Gasteiger partial charge in [0.05, 0.1) is 11.3 Å². The van der Waals surface area contributed by atoms with E-state index in [0.717, 1.165) is 5.75 Å². The smallest absolute Gasteiger partial charge is 0.305 e. The van der Waals surface area contributed by atoms with Crippen molar-refractivity contribution in [2.45, 2.75) is 18.9 Å². The van der Waals surface area contributed by atoms with Gasteiger partial charge in [-0.15, -0.1) is 11.3 Å². The number of thiophene rings is 1. The molecule has 0 radical (unpaired) electrons. The molecule has 0 spiro atoms. The normalized spacial score (nSPS) is 12.1. The summed E-state index contributed by atoms with van der Waals surface area (Å²) in [5.41, 5.74) is 0. The summed E-state index contributed by atoms with van der Waals surface area (Å²) in [6.07, 6.45) is 2.60. The number of hydrogen-bond acceptors (Lipinski definition) is 4. The Bertz CT molecular complexity index is 365. The highest BCUT2D eigenvalue weighted by Gasteiger charge is 2.16. The standard InChI is InChI=1S/C11H15NO3S2/c1-16-6-4-8(7-10(13)14)12-11(15)9-3-2-5-17-9/h2-3,5,8H,4,6-7H2,1H3,(H,12,15)(H,13,14)/t8-/m1/s1. The molecule has 17 heavy (non-hydrogen) atoms. The summed E-state index contributed by atoms with van der Waals surface area (Å²) in [6.45, 7) is 0. The van der Waals surface area contributed by atoms with Crippen LogP contribution in [0.4, 0.5) is 0 Å². The minimum absolute atomic E-state index is 0.0301. The van der Waals surface area contributed by atoms with Crippen LogP contribution in [0.15, 0.2) is 17.5 Å². The average Bonchev–Trinajstić information content (AvgIpc) is 2.78. The zero-order chi connectivity index (χ0) is 12.7. The van der Waals surface area contributed by atoms with Gasteiger partial charge in [0.1, 0.15) is 0 Å². The first kappa shape index (κ1) is 14.1. The van der Waals surface area contributed by atoms with Crippen molar-refractivity contribution in [2.75, 3.05) is 12.0 Å². The fraction of sp³-hybridized carbons (Fsp3) is 0.455. The highest BCUT2D eigenvalue weighted by molar-refractivity contribution is 7.98. The predicted molar refractivity (Wildman–Crippen MR) is 70.8 cm³/mol. The summed E-state index contributed by atoms with van der Waals surface area (Å²) >= 11 is 2.99. The second-order valence-corrected chi connectivity index (χ2v) is 5.46. The van der Waals surface area contributed by atoms with E-state index >= 15 is 0 Å². The predicted octanol–water partition coefficient (Wildman–Crippen LogP) is 2.07. The van der Waals surface area contributed by atoms with Crippen LogP contribution in [0, 0.1) is 0 Å². The number of carboxylic acid groups (broad SMARTS) is 1. The lowest BCUT2D eigenvalue weighted by Gasteiger charge is -2.15. The summed E-state index contributed by atoms with van der Waals surface area (Å²) < 4.78 is 0. The van der Waals surface area contributed by atoms with E-state index in [1.165, 1.54) is 11.3 Å². The maximum atomic E-state index is 11.8. The Morgan fingerprint density at radius 3 is 2.88 bits per heavy atom. The molecule has 6 heteroatoms. The van der Waals surface area contributed by atoms with E-state index in [1.807, 2.05) is 11.6 Å². The molecular formula is C11H15NO3S2. The Kier molecular flexibility index (Phi) is 6.07. The van der Waals surface area contributed by atoms with Crippen LogP contribution in [0.2, 0.25) is 0 Å². The van der Waals surface area contributed by atoms with Crippen molar-refractivity contribution in [3.63, 3.8) is 0 Å². The van der Waals surface area contributed by atoms with Gasteiger partial charge in [-0.05, 0) is 29.9 Å². The summed E-state index contributed by atoms with van der Waals surface area (Å²) in [6, 6.07) is 3.23. The number of aliphatic carboxylic acids is 1. The third-order valence-corrected chi connectivity index (χ3v) is 3.68. The number of nitrogens with one attached hydrogen (secondary N) is 1. The van der Waals surface area contributed by atoms with Crippen LogP contribution < -0.4 is 5.32 Å². The van der Waals surface area contributed by atoms with Gasteiger partial charge in [0.2, 0.25) is 0 Å². The fourth-order valence-electron chi connectivity index (χ4n) is 1.36. The molecule has 1 aromatic rings. The van der Waals surface area contributed by atoms with Crippen molar-refractivity contribution >= 4 is 35.0 Å². The van der Waals surface area contributed by atoms with Gasteiger partial charge < -0.3 is 10.4 Å². The second-order valence-electron chi connectivity index (χ2n) is 3.53. The molecule has 4 nitrogen and oxygen atoms in total. The molecule has 0 aliphatic rings. The van der Waals surface area contributed by atoms with Gasteiger partial charge in [-0.3, -0.25) is 9.59 Å². The largest absolute Gasteiger partial charge is 0.481 e. The quantitative estimate of drug-likeness (QED) is 0.798. The number of carbonyl (C=O) groups is 2. The van der Waals surface area contributed by atoms with E-state index in [1.54, 1.807) is 23.9 Å². The lowest BCUT2D eigenvalue weighted by Crippen LogP contribution is -2.36. The highest BCUT2D eigenvalue weighted by Crippen LogP contribution is 2.10. The SMILES string of the molecule is CSCC[C@H](CC(=O)O)NC(=O)c1cccs1. The van der Waals surface area contributed by atoms with Crippen LogP contribution >= 0.6 is 23.1 Å². The zero-order valence-electron chi connectivity index (χ0n) is 9.51. The Balaban J connectivity index is 2.52. The van der Waals surface area contributed by atoms with E-state index in [0.29, 0.717) is 11.3 Å². The van der Waals surface area contributed by atoms with Gasteiger partial charge in [0.25, 0.3) is 5.91 Å². The molecule has 1 atom stereocenters. The maximum Gasteiger partial charge on any atom is 0.305 e. The number of thioether (sulfide) groups is 1. The van der Waals surface area contributed by atoms with E-state index in [9.17, 15) is 9.59 Å². The van der Waals surface area contributed by atoms with Gasteiger partial charge in [-0.2, -0.15) is 11.8 Å². The third kappa shape index (κ3) is 5.23. The van der Waals surface area contributed by atoms with E-state index in [4.69, 9.17) is 5.11 Å². The number of carboxylic acids is 1. The van der Waals surface area contributed by atoms with E-state index in [2.05, 4.69) is 5.32 Å². The van der Waals surface area contributed by atoms with E-state index in [-0.39, 0.29) is 18.4 Å². The molecule has 0 bridgehead atoms. The third-order valence-electron chi connectivity index (χ3n) is 2.17. The molecule has 0 aliphatic carbocycles. The first-order valence-corrected chi connectivity index (χ1v) is 7.46. The van der Waals surface area contributed by atoms with Gasteiger partial charge >= 0.3 is 5.97 Å². The Morgan fingerprint density at radius 1 is 1.59 bits per heavy atom. The summed E-state index contributed by atoms with van der Waals surface area (Å²) in [7, 11) is 0. The Hall–Kier alpha value is -1.01. The van der Waals surface area contributed by atoms with Crippen molar-refractivity contribution in [3.05, 3.63) is 22.4 Å². The molecule has 0 unspecified atom stereocenters. The lowest BCUT2D eigenvalue weighted by atomic mass is 10.1. The molecule has 2 N–H and O–H groups in total. The van der Waals surface area contributed by atoms with Crippen LogP contribution in [-0.2, 0) is 4.79 Å². The van der Waals surface area contributed by atoms with Gasteiger partial charge in [-0.1, -0.05) is 6.07 Å². The number of amides is 1. The van der Waals surface area contributed by atoms with Crippen LogP contribution in [0.3, 0.4) is 0 Å². The van der Waals surface area contributed by atoms with Crippen LogP contribution in [0.25, 0.3) is 0 Å². The average molecular weight is 273 g/mol. The van der Waals surface area contributed by atoms with Crippen molar-refractivity contribution < 1.29 is 14.7 Å². The van der Waals surface area contributed by atoms with Gasteiger partial charge in [-0.25, -0.2) is 0 Å². The zero-order valence-corrected chi connectivity index (χ0v) is 11.1. The molecule has 0 aromatic carbocycles. The summed E-state index contributed by atoms with van der Waals surface area (Å²) in [5, 5.41) is 13.4. The molecule has 1 amide bonds. The summed E-state index contributed by atoms with van der Waals surface area (Å²) in [5.74, 6) is -0.238. The molecule has 0 fully saturated rings. The topological polar surface area (TPSA) is 66.4 Å². The number of hydrogen-bond donors (Lipinski definition) is 2. The van der Waals surface area contributed by atoms with Crippen molar-refractivity contribution in [1.29, 1.82) is 0 Å². The highest BCUT2D eigenvalue weighted by atomic mass is 32.2. The minimum atomic E-state index is -0.886. The lowest BCUT2D eigenvalue weighted by molar-refractivity contribution is -0.137. The minimum Gasteiger partial charge on any atom is -0.481 e. The van der Waals surface area contributed by atoms with Crippen LogP contribution in [-0.4, -0.2) is 35.0 Å². The molecule has 0 aliphatic heterocycles. The molecular weight excluding hydrogens is 258 g/mol. The Labute approximate surface area is 108 Å². The molecule has 0 saturated heterocycles. The van der Waals surface area contributed by atoms with Crippen LogP contribution in [0.1, 0.15) is 22.5 Å². The molecule has 0 saturated carbocycles. The number of rotatable bonds is 7. The molecule has 1 heterocycles. The second kappa shape index (κ2) is 7.34. The van der Waals surface area contributed by atoms with Gasteiger partial charge in [0.15, 0.2) is 0 Å². The molecule has 1 rings (SSSR count). The molecule has 1 aromatic heterocycles. The monoisotopic (exact) mass is 273 g/mol. The fourth-order valence-corrected chi connectivity index (χ4v) is 2.51. The maximum absolute atomic E-state index is 11.8. The Morgan fingerprint density at radius 2 is 2.35 bits per heavy atom. The van der Waals surface area contributed by atoms with Gasteiger partial charge in [0, 0.05) is 6.04 Å². The number of carbonyl (C=O) groups excluding carboxylic acids is 1. The van der Waals surface area contributed by atoms with Crippen molar-refractivity contribution in [2.24, 2.45) is 0 Å². The first-order chi connectivity index (χ1) is 8.13. The molecule has 94 valence electrons. The van der Waals surface area contributed by atoms with Crippen LogP contribution in [0.5, 0.6) is 0 Å². The first-order valence-electron chi connectivity index (χ1n) is 5.18.